The maximum absolute atomic E-state index is 14.4. The van der Waals surface area contributed by atoms with Gasteiger partial charge in [0.15, 0.2) is 5.75 Å². The van der Waals surface area contributed by atoms with Gasteiger partial charge in [0.1, 0.15) is 23.0 Å². The average molecular weight is 410 g/mol. The predicted octanol–water partition coefficient (Wildman–Crippen LogP) is 2.92. The van der Waals surface area contributed by atoms with E-state index in [0.717, 1.165) is 43.6 Å². The van der Waals surface area contributed by atoms with Crippen molar-refractivity contribution in [2.24, 2.45) is 5.73 Å². The number of benzene rings is 2. The van der Waals surface area contributed by atoms with Crippen molar-refractivity contribution in [2.75, 3.05) is 7.11 Å². The van der Waals surface area contributed by atoms with Crippen LogP contribution in [0.5, 0.6) is 5.75 Å². The van der Waals surface area contributed by atoms with E-state index in [1.165, 1.54) is 6.07 Å². The number of hydrogen-bond acceptors (Lipinski definition) is 4. The SMILES string of the molecule is COc1cn(S(=O)(=O)c2cccc(F)c2)c(-c2ccc(F)cc2F)c1C(N)=O. The van der Waals surface area contributed by atoms with E-state index in [-0.39, 0.29) is 5.75 Å². The first-order chi connectivity index (χ1) is 13.2. The van der Waals surface area contributed by atoms with E-state index in [0.29, 0.717) is 10.0 Å². The summed E-state index contributed by atoms with van der Waals surface area (Å²) in [6.07, 6.45) is 0.915. The topological polar surface area (TPSA) is 91.4 Å². The van der Waals surface area contributed by atoms with Crippen LogP contribution in [0.1, 0.15) is 10.4 Å². The van der Waals surface area contributed by atoms with Crippen LogP contribution in [0.4, 0.5) is 13.2 Å². The number of nitrogens with zero attached hydrogens (tertiary/aromatic N) is 1. The smallest absolute Gasteiger partial charge is 0.268 e. The maximum atomic E-state index is 14.4. The highest BCUT2D eigenvalue weighted by molar-refractivity contribution is 7.90. The molecule has 0 bridgehead atoms. The molecule has 1 aromatic heterocycles. The molecule has 146 valence electrons. The molecule has 0 unspecified atom stereocenters. The summed E-state index contributed by atoms with van der Waals surface area (Å²) in [5.41, 5.74) is 4.05. The molecule has 28 heavy (non-hydrogen) atoms. The third-order valence-electron chi connectivity index (χ3n) is 3.94. The molecule has 2 aromatic carbocycles. The fourth-order valence-corrected chi connectivity index (χ4v) is 4.12. The summed E-state index contributed by atoms with van der Waals surface area (Å²) >= 11 is 0. The van der Waals surface area contributed by atoms with Gasteiger partial charge in [-0.1, -0.05) is 6.07 Å². The van der Waals surface area contributed by atoms with E-state index in [4.69, 9.17) is 10.5 Å². The Morgan fingerprint density at radius 1 is 1.07 bits per heavy atom. The lowest BCUT2D eigenvalue weighted by atomic mass is 10.1. The van der Waals surface area contributed by atoms with Crippen LogP contribution in [0.2, 0.25) is 0 Å². The number of carbonyl (C=O) groups excluding carboxylic acids is 1. The number of methoxy groups -OCH3 is 1. The number of rotatable bonds is 5. The van der Waals surface area contributed by atoms with Crippen molar-refractivity contribution in [3.63, 3.8) is 0 Å². The van der Waals surface area contributed by atoms with Crippen molar-refractivity contribution >= 4 is 15.9 Å². The lowest BCUT2D eigenvalue weighted by Gasteiger charge is -2.12. The first kappa shape index (κ1) is 19.5. The number of primary amides is 1. The molecule has 0 saturated carbocycles. The number of ether oxygens (including phenoxy) is 1. The Labute approximate surface area is 158 Å². The molecular formula is C18H13F3N2O4S. The van der Waals surface area contributed by atoms with Gasteiger partial charge in [-0.25, -0.2) is 25.6 Å². The molecule has 1 amide bonds. The van der Waals surface area contributed by atoms with Crippen LogP contribution >= 0.6 is 0 Å². The highest BCUT2D eigenvalue weighted by Gasteiger charge is 2.31. The largest absolute Gasteiger partial charge is 0.494 e. The fourth-order valence-electron chi connectivity index (χ4n) is 2.72. The van der Waals surface area contributed by atoms with Gasteiger partial charge in [0.05, 0.1) is 23.9 Å². The quantitative estimate of drug-likeness (QED) is 0.700. The molecule has 10 heteroatoms. The summed E-state index contributed by atoms with van der Waals surface area (Å²) in [7, 11) is -3.33. The molecule has 2 N–H and O–H groups in total. The third kappa shape index (κ3) is 3.22. The van der Waals surface area contributed by atoms with Crippen LogP contribution < -0.4 is 10.5 Å². The summed E-state index contributed by atoms with van der Waals surface area (Å²) in [5.74, 6) is -4.18. The van der Waals surface area contributed by atoms with Gasteiger partial charge in [0.2, 0.25) is 0 Å². The highest BCUT2D eigenvalue weighted by atomic mass is 32.2. The summed E-state index contributed by atoms with van der Waals surface area (Å²) in [6, 6.07) is 6.49. The Morgan fingerprint density at radius 2 is 1.75 bits per heavy atom. The van der Waals surface area contributed by atoms with Gasteiger partial charge >= 0.3 is 0 Å². The van der Waals surface area contributed by atoms with Crippen molar-refractivity contribution in [3.05, 3.63) is 71.7 Å². The molecule has 0 aliphatic carbocycles. The maximum Gasteiger partial charge on any atom is 0.268 e. The first-order valence-corrected chi connectivity index (χ1v) is 9.16. The molecule has 0 fully saturated rings. The van der Waals surface area contributed by atoms with Gasteiger partial charge in [-0.2, -0.15) is 0 Å². The first-order valence-electron chi connectivity index (χ1n) is 7.72. The van der Waals surface area contributed by atoms with E-state index in [1.54, 1.807) is 0 Å². The Kier molecular flexibility index (Phi) is 4.90. The van der Waals surface area contributed by atoms with Crippen molar-refractivity contribution in [3.8, 4) is 17.0 Å². The summed E-state index contributed by atoms with van der Waals surface area (Å²) in [6.45, 7) is 0. The Morgan fingerprint density at radius 3 is 2.32 bits per heavy atom. The van der Waals surface area contributed by atoms with Gasteiger partial charge in [-0.3, -0.25) is 4.79 Å². The molecule has 0 spiro atoms. The summed E-state index contributed by atoms with van der Waals surface area (Å²) in [4.78, 5) is 11.5. The second kappa shape index (κ2) is 7.04. The lowest BCUT2D eigenvalue weighted by Crippen LogP contribution is -2.17. The zero-order valence-corrected chi connectivity index (χ0v) is 15.1. The predicted molar refractivity (Wildman–Crippen MR) is 93.8 cm³/mol. The van der Waals surface area contributed by atoms with Crippen LogP contribution in [0.3, 0.4) is 0 Å². The van der Waals surface area contributed by atoms with Crippen LogP contribution in [0.15, 0.2) is 53.6 Å². The average Bonchev–Trinajstić information content (AvgIpc) is 3.02. The van der Waals surface area contributed by atoms with Crippen LogP contribution in [0.25, 0.3) is 11.3 Å². The van der Waals surface area contributed by atoms with Crippen LogP contribution in [-0.2, 0) is 10.0 Å². The Bertz CT molecular complexity index is 1190. The second-order valence-electron chi connectivity index (χ2n) is 5.67. The number of carbonyl (C=O) groups is 1. The van der Waals surface area contributed by atoms with E-state index < -0.39 is 55.1 Å². The van der Waals surface area contributed by atoms with Crippen LogP contribution in [-0.4, -0.2) is 25.4 Å². The number of hydrogen-bond donors (Lipinski definition) is 1. The zero-order chi connectivity index (χ0) is 20.6. The van der Waals surface area contributed by atoms with Gasteiger partial charge in [0, 0.05) is 11.6 Å². The molecule has 3 rings (SSSR count). The summed E-state index contributed by atoms with van der Waals surface area (Å²) < 4.78 is 73.0. The van der Waals surface area contributed by atoms with Crippen molar-refractivity contribution < 1.29 is 31.1 Å². The van der Waals surface area contributed by atoms with E-state index in [9.17, 15) is 26.4 Å². The van der Waals surface area contributed by atoms with Gasteiger partial charge in [-0.05, 0) is 30.3 Å². The zero-order valence-electron chi connectivity index (χ0n) is 14.3. The minimum Gasteiger partial charge on any atom is -0.494 e. The fraction of sp³-hybridized carbons (Fsp3) is 0.0556. The minimum absolute atomic E-state index is 0.244. The van der Waals surface area contributed by atoms with E-state index in [1.807, 2.05) is 0 Å². The summed E-state index contributed by atoms with van der Waals surface area (Å²) in [5, 5.41) is 0. The Balaban J connectivity index is 2.41. The molecular weight excluding hydrogens is 397 g/mol. The molecule has 0 aliphatic heterocycles. The number of aromatic nitrogens is 1. The molecule has 0 atom stereocenters. The van der Waals surface area contributed by atoms with Crippen molar-refractivity contribution in [2.45, 2.75) is 4.90 Å². The number of nitrogens with two attached hydrogens (primary N) is 1. The van der Waals surface area contributed by atoms with Crippen molar-refractivity contribution in [1.82, 2.24) is 3.97 Å². The number of halogens is 3. The van der Waals surface area contributed by atoms with E-state index in [2.05, 4.69) is 0 Å². The van der Waals surface area contributed by atoms with Gasteiger partial charge < -0.3 is 10.5 Å². The molecule has 6 nitrogen and oxygen atoms in total. The standard InChI is InChI=1S/C18H13F3N2O4S/c1-27-15-9-23(28(25,26)12-4-2-3-10(19)7-12)17(16(15)18(22)24)13-6-5-11(20)8-14(13)21/h2-9H,1H3,(H2,22,24). The monoisotopic (exact) mass is 410 g/mol. The highest BCUT2D eigenvalue weighted by Crippen LogP contribution is 2.37. The minimum atomic E-state index is -4.48. The molecule has 3 aromatic rings. The van der Waals surface area contributed by atoms with Gasteiger partial charge in [-0.15, -0.1) is 0 Å². The van der Waals surface area contributed by atoms with Gasteiger partial charge in [0.25, 0.3) is 15.9 Å². The molecule has 0 saturated heterocycles. The normalized spacial score (nSPS) is 11.4. The number of amides is 1. The van der Waals surface area contributed by atoms with Crippen LogP contribution in [0, 0.1) is 17.5 Å². The molecule has 1 heterocycles. The lowest BCUT2D eigenvalue weighted by molar-refractivity contribution is 0.0998. The second-order valence-corrected chi connectivity index (χ2v) is 7.48. The molecule has 0 radical (unpaired) electrons. The van der Waals surface area contributed by atoms with E-state index >= 15 is 0 Å². The molecule has 0 aliphatic rings. The van der Waals surface area contributed by atoms with Crippen molar-refractivity contribution in [1.29, 1.82) is 0 Å². The Hall–Kier alpha value is -3.27. The third-order valence-corrected chi connectivity index (χ3v) is 5.60.